The second-order valence-electron chi connectivity index (χ2n) is 4.53. The third-order valence-electron chi connectivity index (χ3n) is 3.17. The summed E-state index contributed by atoms with van der Waals surface area (Å²) in [6.45, 7) is 6.25. The van der Waals surface area contributed by atoms with Crippen molar-refractivity contribution in [3.63, 3.8) is 0 Å². The zero-order valence-corrected chi connectivity index (χ0v) is 11.7. The lowest BCUT2D eigenvalue weighted by Gasteiger charge is -2.13. The molecule has 18 heavy (non-hydrogen) atoms. The molecule has 0 saturated heterocycles. The molecule has 0 aliphatic heterocycles. The fourth-order valence-corrected chi connectivity index (χ4v) is 2.03. The quantitative estimate of drug-likeness (QED) is 0.694. The molecular weight excluding hydrogens is 244 g/mol. The molecule has 0 bridgehead atoms. The first kappa shape index (κ1) is 13.0. The van der Waals surface area contributed by atoms with Crippen molar-refractivity contribution in [2.24, 2.45) is 0 Å². The number of aryl methyl sites for hydroxylation is 2. The third kappa shape index (κ3) is 2.68. The number of hydrogen-bond acceptors (Lipinski definition) is 1. The highest BCUT2D eigenvalue weighted by Crippen LogP contribution is 2.30. The van der Waals surface area contributed by atoms with Gasteiger partial charge in [0, 0.05) is 5.88 Å². The first-order valence-corrected chi connectivity index (χ1v) is 6.55. The van der Waals surface area contributed by atoms with Crippen LogP contribution in [0.3, 0.4) is 0 Å². The van der Waals surface area contributed by atoms with Crippen LogP contribution in [0.5, 0.6) is 11.5 Å². The molecule has 2 rings (SSSR count). The van der Waals surface area contributed by atoms with E-state index >= 15 is 0 Å². The molecule has 0 aliphatic rings. The van der Waals surface area contributed by atoms with Gasteiger partial charge >= 0.3 is 0 Å². The van der Waals surface area contributed by atoms with E-state index in [1.807, 2.05) is 24.3 Å². The lowest BCUT2D eigenvalue weighted by molar-refractivity contribution is 0.474. The fourth-order valence-electron chi connectivity index (χ4n) is 1.85. The van der Waals surface area contributed by atoms with Gasteiger partial charge in [-0.05, 0) is 55.2 Å². The van der Waals surface area contributed by atoms with Crippen LogP contribution >= 0.6 is 11.6 Å². The maximum absolute atomic E-state index is 5.98. The molecule has 0 spiro atoms. The average Bonchev–Trinajstić information content (AvgIpc) is 2.40. The lowest BCUT2D eigenvalue weighted by atomic mass is 10.1. The van der Waals surface area contributed by atoms with Crippen LogP contribution in [0.1, 0.15) is 22.3 Å². The van der Waals surface area contributed by atoms with Crippen molar-refractivity contribution in [1.29, 1.82) is 0 Å². The molecular formula is C16H17ClO. The first-order valence-electron chi connectivity index (χ1n) is 6.01. The van der Waals surface area contributed by atoms with E-state index in [0.29, 0.717) is 5.88 Å². The van der Waals surface area contributed by atoms with E-state index in [0.717, 1.165) is 22.6 Å². The number of rotatable bonds is 3. The van der Waals surface area contributed by atoms with Gasteiger partial charge in [-0.2, -0.15) is 0 Å². The second kappa shape index (κ2) is 5.45. The predicted octanol–water partition coefficient (Wildman–Crippen LogP) is 5.14. The van der Waals surface area contributed by atoms with Crippen LogP contribution in [0, 0.1) is 20.8 Å². The largest absolute Gasteiger partial charge is 0.457 e. The normalized spacial score (nSPS) is 10.4. The van der Waals surface area contributed by atoms with Crippen molar-refractivity contribution >= 4 is 11.6 Å². The summed E-state index contributed by atoms with van der Waals surface area (Å²) in [6, 6.07) is 12.1. The van der Waals surface area contributed by atoms with E-state index < -0.39 is 0 Å². The highest BCUT2D eigenvalue weighted by molar-refractivity contribution is 6.17. The minimum absolute atomic E-state index is 0.531. The van der Waals surface area contributed by atoms with Crippen molar-refractivity contribution in [3.05, 3.63) is 58.7 Å². The molecule has 0 unspecified atom stereocenters. The monoisotopic (exact) mass is 260 g/mol. The number of alkyl halides is 1. The summed E-state index contributed by atoms with van der Waals surface area (Å²) < 4.78 is 5.98. The van der Waals surface area contributed by atoms with Crippen molar-refractivity contribution in [1.82, 2.24) is 0 Å². The Bertz CT molecular complexity index is 544. The smallest absolute Gasteiger partial charge is 0.133 e. The van der Waals surface area contributed by atoms with E-state index in [-0.39, 0.29) is 0 Å². The van der Waals surface area contributed by atoms with Crippen LogP contribution in [0.4, 0.5) is 0 Å². The molecule has 0 radical (unpaired) electrons. The molecule has 0 aliphatic carbocycles. The number of ether oxygens (including phenoxy) is 1. The van der Waals surface area contributed by atoms with Gasteiger partial charge in [-0.25, -0.2) is 0 Å². The average molecular weight is 261 g/mol. The Morgan fingerprint density at radius 3 is 2.11 bits per heavy atom. The van der Waals surface area contributed by atoms with E-state index in [1.54, 1.807) is 0 Å². The Labute approximate surface area is 113 Å². The molecule has 0 saturated carbocycles. The Hall–Kier alpha value is -1.47. The minimum Gasteiger partial charge on any atom is -0.457 e. The summed E-state index contributed by atoms with van der Waals surface area (Å²) in [5.74, 6) is 2.33. The summed E-state index contributed by atoms with van der Waals surface area (Å²) in [6.07, 6.45) is 0. The summed E-state index contributed by atoms with van der Waals surface area (Å²) in [5.41, 5.74) is 4.69. The van der Waals surface area contributed by atoms with Crippen LogP contribution in [0.25, 0.3) is 0 Å². The maximum atomic E-state index is 5.98. The Morgan fingerprint density at radius 2 is 1.50 bits per heavy atom. The summed E-state index contributed by atoms with van der Waals surface area (Å²) >= 11 is 5.77. The van der Waals surface area contributed by atoms with Crippen LogP contribution < -0.4 is 4.74 Å². The first-order chi connectivity index (χ1) is 8.61. The van der Waals surface area contributed by atoms with Crippen LogP contribution in [-0.4, -0.2) is 0 Å². The Morgan fingerprint density at radius 1 is 0.889 bits per heavy atom. The molecule has 94 valence electrons. The highest BCUT2D eigenvalue weighted by atomic mass is 35.5. The second-order valence-corrected chi connectivity index (χ2v) is 4.80. The fraction of sp³-hybridized carbons (Fsp3) is 0.250. The van der Waals surface area contributed by atoms with Crippen LogP contribution in [-0.2, 0) is 5.88 Å². The van der Waals surface area contributed by atoms with E-state index in [9.17, 15) is 0 Å². The van der Waals surface area contributed by atoms with Crippen molar-refractivity contribution < 1.29 is 4.74 Å². The summed E-state index contributed by atoms with van der Waals surface area (Å²) in [5, 5.41) is 0. The minimum atomic E-state index is 0.531. The van der Waals surface area contributed by atoms with Gasteiger partial charge in [-0.3, -0.25) is 0 Å². The molecule has 0 N–H and O–H groups in total. The Kier molecular flexibility index (Phi) is 3.93. The lowest BCUT2D eigenvalue weighted by Crippen LogP contribution is -1.93. The predicted molar refractivity (Wildman–Crippen MR) is 76.7 cm³/mol. The van der Waals surface area contributed by atoms with E-state index in [1.165, 1.54) is 11.1 Å². The van der Waals surface area contributed by atoms with E-state index in [4.69, 9.17) is 16.3 Å². The van der Waals surface area contributed by atoms with Gasteiger partial charge < -0.3 is 4.74 Å². The van der Waals surface area contributed by atoms with Crippen molar-refractivity contribution in [3.8, 4) is 11.5 Å². The molecule has 0 amide bonds. The highest BCUT2D eigenvalue weighted by Gasteiger charge is 2.07. The van der Waals surface area contributed by atoms with Crippen LogP contribution in [0.15, 0.2) is 36.4 Å². The molecule has 0 atom stereocenters. The zero-order valence-electron chi connectivity index (χ0n) is 11.0. The zero-order chi connectivity index (χ0) is 13.1. The van der Waals surface area contributed by atoms with Gasteiger partial charge in [0.15, 0.2) is 0 Å². The van der Waals surface area contributed by atoms with Crippen LogP contribution in [0.2, 0.25) is 0 Å². The van der Waals surface area contributed by atoms with Gasteiger partial charge in [0.1, 0.15) is 11.5 Å². The number of benzene rings is 2. The summed E-state index contributed by atoms with van der Waals surface area (Å²) in [4.78, 5) is 0. The van der Waals surface area contributed by atoms with Gasteiger partial charge in [-0.15, -0.1) is 11.6 Å². The molecule has 1 nitrogen and oxygen atoms in total. The standard InChI is InChI=1S/C16H17ClO/c1-11-4-5-12(2)16(13(11)3)18-15-8-6-14(10-17)7-9-15/h4-9H,10H2,1-3H3. The molecule has 2 aromatic rings. The molecule has 2 aromatic carbocycles. The van der Waals surface area contributed by atoms with Crippen molar-refractivity contribution in [2.45, 2.75) is 26.7 Å². The van der Waals surface area contributed by atoms with Crippen molar-refractivity contribution in [2.75, 3.05) is 0 Å². The van der Waals surface area contributed by atoms with Gasteiger partial charge in [0.25, 0.3) is 0 Å². The number of halogens is 1. The van der Waals surface area contributed by atoms with Gasteiger partial charge in [-0.1, -0.05) is 24.3 Å². The molecule has 0 heterocycles. The molecule has 0 fully saturated rings. The SMILES string of the molecule is Cc1ccc(C)c(Oc2ccc(CCl)cc2)c1C. The molecule has 0 aromatic heterocycles. The van der Waals surface area contributed by atoms with E-state index in [2.05, 4.69) is 32.9 Å². The molecule has 2 heteroatoms. The summed E-state index contributed by atoms with van der Waals surface area (Å²) in [7, 11) is 0. The maximum Gasteiger partial charge on any atom is 0.133 e. The number of hydrogen-bond donors (Lipinski definition) is 0. The third-order valence-corrected chi connectivity index (χ3v) is 3.48. The van der Waals surface area contributed by atoms with Gasteiger partial charge in [0.05, 0.1) is 0 Å². The van der Waals surface area contributed by atoms with Gasteiger partial charge in [0.2, 0.25) is 0 Å². The topological polar surface area (TPSA) is 9.23 Å². The Balaban J connectivity index is 2.30.